The van der Waals surface area contributed by atoms with Crippen molar-refractivity contribution >= 4 is 23.8 Å². The number of piperidine rings is 1. The standard InChI is InChI=1S/C23H37N3O5/c1-5-22(3,4)17-7-11-23(12-8-17)20(29)26(21(30)24-23)15-18(27)25-13-9-16(10-14-25)19(28)31-6-2/h16-17H,5-15H2,1-4H3,(H,24,30). The number of ether oxygens (including phenoxy) is 1. The summed E-state index contributed by atoms with van der Waals surface area (Å²) in [4.78, 5) is 53.1. The van der Waals surface area contributed by atoms with Crippen molar-refractivity contribution < 1.29 is 23.9 Å². The topological polar surface area (TPSA) is 96.0 Å². The number of esters is 1. The first-order chi connectivity index (χ1) is 14.6. The van der Waals surface area contributed by atoms with Gasteiger partial charge in [-0.1, -0.05) is 27.2 Å². The van der Waals surface area contributed by atoms with Crippen LogP contribution in [0.5, 0.6) is 0 Å². The van der Waals surface area contributed by atoms with Crippen LogP contribution in [0.4, 0.5) is 4.79 Å². The first-order valence-electron chi connectivity index (χ1n) is 11.7. The molecular formula is C23H37N3O5. The van der Waals surface area contributed by atoms with E-state index in [0.29, 0.717) is 51.3 Å². The summed E-state index contributed by atoms with van der Waals surface area (Å²) in [5.74, 6) is -0.382. The van der Waals surface area contributed by atoms with Crippen LogP contribution in [0.1, 0.15) is 72.6 Å². The molecule has 0 bridgehead atoms. The predicted molar refractivity (Wildman–Crippen MR) is 115 cm³/mol. The Hall–Kier alpha value is -2.12. The Bertz CT molecular complexity index is 719. The highest BCUT2D eigenvalue weighted by Crippen LogP contribution is 2.45. The second-order valence-electron chi connectivity index (χ2n) is 9.93. The van der Waals surface area contributed by atoms with E-state index in [9.17, 15) is 19.2 Å². The monoisotopic (exact) mass is 435 g/mol. The zero-order valence-electron chi connectivity index (χ0n) is 19.4. The van der Waals surface area contributed by atoms with Gasteiger partial charge in [-0.05, 0) is 56.8 Å². The number of imide groups is 1. The van der Waals surface area contributed by atoms with Gasteiger partial charge in [0.1, 0.15) is 12.1 Å². The number of nitrogens with zero attached hydrogens (tertiary/aromatic N) is 2. The predicted octanol–water partition coefficient (Wildman–Crippen LogP) is 2.71. The molecule has 1 saturated carbocycles. The lowest BCUT2D eigenvalue weighted by atomic mass is 9.65. The van der Waals surface area contributed by atoms with Gasteiger partial charge in [-0.2, -0.15) is 0 Å². The highest BCUT2D eigenvalue weighted by atomic mass is 16.5. The summed E-state index contributed by atoms with van der Waals surface area (Å²) in [5, 5.41) is 2.91. The molecule has 0 unspecified atom stereocenters. The molecule has 1 spiro atoms. The Balaban J connectivity index is 1.55. The molecule has 8 nitrogen and oxygen atoms in total. The van der Waals surface area contributed by atoms with Gasteiger partial charge >= 0.3 is 12.0 Å². The fourth-order valence-electron chi connectivity index (χ4n) is 5.20. The Kier molecular flexibility index (Phi) is 6.96. The molecule has 0 atom stereocenters. The zero-order chi connectivity index (χ0) is 22.8. The Labute approximate surface area is 185 Å². The molecule has 31 heavy (non-hydrogen) atoms. The van der Waals surface area contributed by atoms with E-state index < -0.39 is 11.6 Å². The first kappa shape index (κ1) is 23.5. The number of urea groups is 1. The van der Waals surface area contributed by atoms with E-state index in [4.69, 9.17) is 4.74 Å². The van der Waals surface area contributed by atoms with Gasteiger partial charge in [0.05, 0.1) is 12.5 Å². The lowest BCUT2D eigenvalue weighted by molar-refractivity contribution is -0.151. The van der Waals surface area contributed by atoms with E-state index in [1.54, 1.807) is 11.8 Å². The molecule has 0 aromatic rings. The molecule has 8 heteroatoms. The molecule has 1 N–H and O–H groups in total. The van der Waals surface area contributed by atoms with Gasteiger partial charge in [0.2, 0.25) is 5.91 Å². The third-order valence-electron chi connectivity index (χ3n) is 7.86. The molecule has 3 fully saturated rings. The maximum absolute atomic E-state index is 13.2. The molecule has 0 aromatic heterocycles. The number of carbonyl (C=O) groups excluding carboxylic acids is 4. The number of carbonyl (C=O) groups is 4. The second-order valence-corrected chi connectivity index (χ2v) is 9.93. The minimum absolute atomic E-state index is 0.188. The fraction of sp³-hybridized carbons (Fsp3) is 0.826. The molecule has 1 aliphatic carbocycles. The Morgan fingerprint density at radius 1 is 1.10 bits per heavy atom. The normalized spacial score (nSPS) is 27.5. The number of likely N-dealkylation sites (tertiary alicyclic amines) is 1. The van der Waals surface area contributed by atoms with Crippen molar-refractivity contribution in [1.82, 2.24) is 15.1 Å². The summed E-state index contributed by atoms with van der Waals surface area (Å²) in [6.45, 7) is 9.48. The number of nitrogens with one attached hydrogen (secondary N) is 1. The third-order valence-corrected chi connectivity index (χ3v) is 7.86. The Morgan fingerprint density at radius 3 is 2.26 bits per heavy atom. The van der Waals surface area contributed by atoms with Crippen molar-refractivity contribution in [2.75, 3.05) is 26.2 Å². The summed E-state index contributed by atoms with van der Waals surface area (Å²) in [6.07, 6.45) is 5.22. The molecular weight excluding hydrogens is 398 g/mol. The highest BCUT2D eigenvalue weighted by molar-refractivity contribution is 6.09. The van der Waals surface area contributed by atoms with Crippen molar-refractivity contribution in [3.8, 4) is 0 Å². The van der Waals surface area contributed by atoms with E-state index in [2.05, 4.69) is 26.1 Å². The number of hydrogen-bond donors (Lipinski definition) is 1. The SMILES string of the molecule is CCOC(=O)C1CCN(C(=O)CN2C(=O)NC3(CCC(C(C)(C)CC)CC3)C2=O)CC1. The lowest BCUT2D eigenvalue weighted by Crippen LogP contribution is -2.51. The van der Waals surface area contributed by atoms with E-state index in [0.717, 1.165) is 24.2 Å². The second kappa shape index (κ2) is 9.17. The molecule has 0 aromatic carbocycles. The van der Waals surface area contributed by atoms with Crippen molar-refractivity contribution in [2.24, 2.45) is 17.3 Å². The molecule has 4 amide bonds. The maximum Gasteiger partial charge on any atom is 0.325 e. The quantitative estimate of drug-likeness (QED) is 0.511. The van der Waals surface area contributed by atoms with E-state index in [1.165, 1.54) is 0 Å². The van der Waals surface area contributed by atoms with Crippen LogP contribution in [-0.2, 0) is 19.1 Å². The van der Waals surface area contributed by atoms with Crippen molar-refractivity contribution in [2.45, 2.75) is 78.2 Å². The van der Waals surface area contributed by atoms with Gasteiger partial charge in [-0.25, -0.2) is 4.79 Å². The molecule has 2 heterocycles. The van der Waals surface area contributed by atoms with Crippen LogP contribution in [0, 0.1) is 17.3 Å². The van der Waals surface area contributed by atoms with E-state index in [-0.39, 0.29) is 35.7 Å². The molecule has 2 aliphatic heterocycles. The molecule has 3 aliphatic rings. The minimum atomic E-state index is -0.853. The van der Waals surface area contributed by atoms with Crippen LogP contribution in [0.25, 0.3) is 0 Å². The van der Waals surface area contributed by atoms with E-state index in [1.807, 2.05) is 0 Å². The molecule has 174 valence electrons. The van der Waals surface area contributed by atoms with Crippen LogP contribution < -0.4 is 5.32 Å². The van der Waals surface area contributed by atoms with Gasteiger partial charge in [0, 0.05) is 13.1 Å². The molecule has 3 rings (SSSR count). The summed E-state index contributed by atoms with van der Waals surface area (Å²) in [6, 6.07) is -0.465. The van der Waals surface area contributed by atoms with Crippen LogP contribution in [0.3, 0.4) is 0 Å². The number of rotatable bonds is 6. The van der Waals surface area contributed by atoms with Gasteiger partial charge in [-0.15, -0.1) is 0 Å². The van der Waals surface area contributed by atoms with Crippen molar-refractivity contribution in [3.05, 3.63) is 0 Å². The van der Waals surface area contributed by atoms with Crippen molar-refractivity contribution in [1.29, 1.82) is 0 Å². The molecule has 0 radical (unpaired) electrons. The van der Waals surface area contributed by atoms with Crippen LogP contribution >= 0.6 is 0 Å². The lowest BCUT2D eigenvalue weighted by Gasteiger charge is -2.42. The van der Waals surface area contributed by atoms with Gasteiger partial charge in [-0.3, -0.25) is 19.3 Å². The summed E-state index contributed by atoms with van der Waals surface area (Å²) < 4.78 is 5.06. The smallest absolute Gasteiger partial charge is 0.325 e. The van der Waals surface area contributed by atoms with Gasteiger partial charge in [0.15, 0.2) is 0 Å². The molecule has 2 saturated heterocycles. The summed E-state index contributed by atoms with van der Waals surface area (Å²) in [5.41, 5.74) is -0.632. The van der Waals surface area contributed by atoms with Crippen LogP contribution in [-0.4, -0.2) is 65.4 Å². The average Bonchev–Trinajstić information content (AvgIpc) is 2.98. The fourth-order valence-corrected chi connectivity index (χ4v) is 5.20. The Morgan fingerprint density at radius 2 is 1.71 bits per heavy atom. The van der Waals surface area contributed by atoms with Crippen LogP contribution in [0.2, 0.25) is 0 Å². The number of hydrogen-bond acceptors (Lipinski definition) is 5. The van der Waals surface area contributed by atoms with Crippen LogP contribution in [0.15, 0.2) is 0 Å². The average molecular weight is 436 g/mol. The highest BCUT2D eigenvalue weighted by Gasteiger charge is 2.54. The van der Waals surface area contributed by atoms with Crippen molar-refractivity contribution in [3.63, 3.8) is 0 Å². The minimum Gasteiger partial charge on any atom is -0.466 e. The van der Waals surface area contributed by atoms with E-state index >= 15 is 0 Å². The zero-order valence-corrected chi connectivity index (χ0v) is 19.4. The van der Waals surface area contributed by atoms with Gasteiger partial charge in [0.25, 0.3) is 5.91 Å². The largest absolute Gasteiger partial charge is 0.466 e. The first-order valence-corrected chi connectivity index (χ1v) is 11.7. The summed E-state index contributed by atoms with van der Waals surface area (Å²) >= 11 is 0. The number of amides is 4. The maximum atomic E-state index is 13.2. The summed E-state index contributed by atoms with van der Waals surface area (Å²) in [7, 11) is 0. The van der Waals surface area contributed by atoms with Gasteiger partial charge < -0.3 is 15.0 Å². The third kappa shape index (κ3) is 4.72.